The molecular formula is C12H10Cl2O3. The van der Waals surface area contributed by atoms with Gasteiger partial charge in [-0.05, 0) is 11.1 Å². The molecule has 0 bridgehead atoms. The molecule has 0 saturated carbocycles. The van der Waals surface area contributed by atoms with Gasteiger partial charge in [0.2, 0.25) is 0 Å². The van der Waals surface area contributed by atoms with E-state index in [-0.39, 0.29) is 10.1 Å². The molecule has 1 unspecified atom stereocenters. The summed E-state index contributed by atoms with van der Waals surface area (Å²) in [7, 11) is 1.63. The first-order chi connectivity index (χ1) is 8.13. The Balaban J connectivity index is 2.22. The van der Waals surface area contributed by atoms with Gasteiger partial charge in [0, 0.05) is 7.11 Å². The van der Waals surface area contributed by atoms with Crippen molar-refractivity contribution in [3.05, 3.63) is 45.5 Å². The molecule has 1 aromatic carbocycles. The average Bonchev–Trinajstić information content (AvgIpc) is 2.59. The topological polar surface area (TPSA) is 35.5 Å². The van der Waals surface area contributed by atoms with E-state index in [4.69, 9.17) is 32.7 Å². The van der Waals surface area contributed by atoms with Crippen molar-refractivity contribution in [3.63, 3.8) is 0 Å². The van der Waals surface area contributed by atoms with Crippen LogP contribution in [0.4, 0.5) is 0 Å². The SMILES string of the molecule is COCc1ccc(C2OC(=O)C(Cl)=C2Cl)cc1. The fraction of sp³-hybridized carbons (Fsp3) is 0.250. The third-order valence-electron chi connectivity index (χ3n) is 2.44. The minimum atomic E-state index is -0.590. The van der Waals surface area contributed by atoms with Gasteiger partial charge in [0.15, 0.2) is 6.10 Å². The molecule has 2 rings (SSSR count). The van der Waals surface area contributed by atoms with Gasteiger partial charge in [-0.15, -0.1) is 0 Å². The lowest BCUT2D eigenvalue weighted by atomic mass is 10.1. The van der Waals surface area contributed by atoms with Gasteiger partial charge in [0.05, 0.1) is 11.6 Å². The molecule has 1 aromatic rings. The Hall–Kier alpha value is -1.03. The smallest absolute Gasteiger partial charge is 0.352 e. The van der Waals surface area contributed by atoms with Crippen LogP contribution >= 0.6 is 23.2 Å². The van der Waals surface area contributed by atoms with Crippen LogP contribution in [-0.2, 0) is 20.9 Å². The fourth-order valence-corrected chi connectivity index (χ4v) is 1.98. The van der Waals surface area contributed by atoms with Gasteiger partial charge in [-0.2, -0.15) is 0 Å². The Morgan fingerprint density at radius 2 is 1.94 bits per heavy atom. The summed E-state index contributed by atoms with van der Waals surface area (Å²) >= 11 is 11.6. The molecule has 0 aromatic heterocycles. The molecule has 5 heteroatoms. The van der Waals surface area contributed by atoms with Crippen molar-refractivity contribution in [2.24, 2.45) is 0 Å². The third-order valence-corrected chi connectivity index (χ3v) is 3.28. The minimum absolute atomic E-state index is 0.0439. The monoisotopic (exact) mass is 272 g/mol. The van der Waals surface area contributed by atoms with Gasteiger partial charge in [0.25, 0.3) is 0 Å². The molecule has 0 amide bonds. The number of cyclic esters (lactones) is 1. The summed E-state index contributed by atoms with van der Waals surface area (Å²) in [6, 6.07) is 7.46. The van der Waals surface area contributed by atoms with Crippen LogP contribution in [0.5, 0.6) is 0 Å². The van der Waals surface area contributed by atoms with Gasteiger partial charge in [-0.3, -0.25) is 0 Å². The highest BCUT2D eigenvalue weighted by atomic mass is 35.5. The van der Waals surface area contributed by atoms with Crippen LogP contribution in [0.15, 0.2) is 34.3 Å². The molecule has 0 spiro atoms. The van der Waals surface area contributed by atoms with E-state index in [2.05, 4.69) is 0 Å². The molecule has 1 aliphatic heterocycles. The summed E-state index contributed by atoms with van der Waals surface area (Å²) in [6.45, 7) is 0.537. The van der Waals surface area contributed by atoms with Crippen LogP contribution in [0.3, 0.4) is 0 Å². The van der Waals surface area contributed by atoms with Gasteiger partial charge < -0.3 is 9.47 Å². The van der Waals surface area contributed by atoms with Gasteiger partial charge in [-0.25, -0.2) is 4.79 Å². The maximum absolute atomic E-state index is 11.2. The molecule has 0 saturated heterocycles. The van der Waals surface area contributed by atoms with Crippen molar-refractivity contribution in [2.45, 2.75) is 12.7 Å². The van der Waals surface area contributed by atoms with Gasteiger partial charge in [0.1, 0.15) is 5.03 Å². The number of rotatable bonds is 3. The third kappa shape index (κ3) is 2.46. The fourth-order valence-electron chi connectivity index (χ4n) is 1.59. The first kappa shape index (κ1) is 12.4. The lowest BCUT2D eigenvalue weighted by Crippen LogP contribution is -2.02. The highest BCUT2D eigenvalue weighted by molar-refractivity contribution is 6.48. The van der Waals surface area contributed by atoms with Crippen molar-refractivity contribution >= 4 is 29.2 Å². The number of benzene rings is 1. The average molecular weight is 273 g/mol. The molecule has 0 radical (unpaired) electrons. The van der Waals surface area contributed by atoms with Gasteiger partial charge >= 0.3 is 5.97 Å². The first-order valence-corrected chi connectivity index (χ1v) is 5.73. The largest absolute Gasteiger partial charge is 0.447 e. The molecule has 0 N–H and O–H groups in total. The Morgan fingerprint density at radius 3 is 2.41 bits per heavy atom. The highest BCUT2D eigenvalue weighted by Crippen LogP contribution is 2.39. The number of carbonyl (C=O) groups excluding carboxylic acids is 1. The van der Waals surface area contributed by atoms with E-state index in [1.165, 1.54) is 0 Å². The predicted octanol–water partition coefficient (Wildman–Crippen LogP) is 3.12. The second-order valence-corrected chi connectivity index (χ2v) is 4.41. The van der Waals surface area contributed by atoms with Crippen LogP contribution in [0.1, 0.15) is 17.2 Å². The molecule has 1 heterocycles. The summed E-state index contributed by atoms with van der Waals surface area (Å²) in [5, 5.41) is 0.189. The van der Waals surface area contributed by atoms with Crippen LogP contribution < -0.4 is 0 Å². The van der Waals surface area contributed by atoms with Crippen LogP contribution in [0, 0.1) is 0 Å². The summed E-state index contributed by atoms with van der Waals surface area (Å²) < 4.78 is 10.1. The molecule has 0 aliphatic carbocycles. The molecule has 1 atom stereocenters. The van der Waals surface area contributed by atoms with Crippen molar-refractivity contribution in [2.75, 3.05) is 7.11 Å². The Morgan fingerprint density at radius 1 is 1.29 bits per heavy atom. The van der Waals surface area contributed by atoms with E-state index < -0.39 is 12.1 Å². The van der Waals surface area contributed by atoms with Crippen LogP contribution in [0.25, 0.3) is 0 Å². The maximum Gasteiger partial charge on any atom is 0.352 e. The van der Waals surface area contributed by atoms with E-state index >= 15 is 0 Å². The van der Waals surface area contributed by atoms with Crippen molar-refractivity contribution in [1.82, 2.24) is 0 Å². The van der Waals surface area contributed by atoms with E-state index in [1.807, 2.05) is 24.3 Å². The lowest BCUT2D eigenvalue weighted by Gasteiger charge is -2.11. The minimum Gasteiger partial charge on any atom is -0.447 e. The van der Waals surface area contributed by atoms with E-state index in [9.17, 15) is 4.79 Å². The normalized spacial score (nSPS) is 19.7. The summed E-state index contributed by atoms with van der Waals surface area (Å²) in [4.78, 5) is 11.2. The molecular weight excluding hydrogens is 263 g/mol. The van der Waals surface area contributed by atoms with Crippen molar-refractivity contribution in [1.29, 1.82) is 0 Å². The zero-order chi connectivity index (χ0) is 12.4. The number of methoxy groups -OCH3 is 1. The predicted molar refractivity (Wildman–Crippen MR) is 64.7 cm³/mol. The number of hydrogen-bond donors (Lipinski definition) is 0. The summed E-state index contributed by atoms with van der Waals surface area (Å²) in [6.07, 6.45) is -0.590. The number of esters is 1. The van der Waals surface area contributed by atoms with E-state index in [0.717, 1.165) is 11.1 Å². The number of hydrogen-bond acceptors (Lipinski definition) is 3. The van der Waals surface area contributed by atoms with Crippen LogP contribution in [-0.4, -0.2) is 13.1 Å². The Kier molecular flexibility index (Phi) is 3.72. The summed E-state index contributed by atoms with van der Waals surface area (Å²) in [5.74, 6) is -0.581. The number of carbonyl (C=O) groups is 1. The molecule has 1 aliphatic rings. The maximum atomic E-state index is 11.2. The molecule has 17 heavy (non-hydrogen) atoms. The molecule has 0 fully saturated rings. The number of ether oxygens (including phenoxy) is 2. The zero-order valence-electron chi connectivity index (χ0n) is 9.07. The highest BCUT2D eigenvalue weighted by Gasteiger charge is 2.33. The lowest BCUT2D eigenvalue weighted by molar-refractivity contribution is -0.139. The first-order valence-electron chi connectivity index (χ1n) is 4.97. The summed E-state index contributed by atoms with van der Waals surface area (Å²) in [5.41, 5.74) is 1.82. The molecule has 90 valence electrons. The standard InChI is InChI=1S/C12H10Cl2O3/c1-16-6-7-2-4-8(5-3-7)11-9(13)10(14)12(15)17-11/h2-5,11H,6H2,1H3. The Labute approximate surface area is 109 Å². The number of halogens is 2. The second kappa shape index (κ2) is 5.08. The Bertz CT molecular complexity index is 465. The van der Waals surface area contributed by atoms with Crippen molar-refractivity contribution in [3.8, 4) is 0 Å². The second-order valence-electron chi connectivity index (χ2n) is 3.62. The van der Waals surface area contributed by atoms with Gasteiger partial charge in [-0.1, -0.05) is 47.5 Å². The van der Waals surface area contributed by atoms with Crippen LogP contribution in [0.2, 0.25) is 0 Å². The quantitative estimate of drug-likeness (QED) is 0.794. The van der Waals surface area contributed by atoms with E-state index in [0.29, 0.717) is 6.61 Å². The van der Waals surface area contributed by atoms with E-state index in [1.54, 1.807) is 7.11 Å². The van der Waals surface area contributed by atoms with Crippen molar-refractivity contribution < 1.29 is 14.3 Å². The molecule has 3 nitrogen and oxygen atoms in total. The zero-order valence-corrected chi connectivity index (χ0v) is 10.6.